The summed E-state index contributed by atoms with van der Waals surface area (Å²) in [6, 6.07) is 14.8. The van der Waals surface area contributed by atoms with E-state index in [1.807, 2.05) is 36.4 Å². The number of nitrogens with zero attached hydrogens (tertiary/aromatic N) is 5. The normalized spacial score (nSPS) is 12.4. The maximum Gasteiger partial charge on any atom is 0.251 e. The summed E-state index contributed by atoms with van der Waals surface area (Å²) >= 11 is 0. The number of aromatic nitrogens is 6. The predicted molar refractivity (Wildman–Crippen MR) is 105 cm³/mol. The van der Waals surface area contributed by atoms with Gasteiger partial charge in [-0.2, -0.15) is 0 Å². The van der Waals surface area contributed by atoms with Crippen molar-refractivity contribution in [2.45, 2.75) is 26.3 Å². The van der Waals surface area contributed by atoms with E-state index in [9.17, 15) is 4.79 Å². The van der Waals surface area contributed by atoms with Crippen molar-refractivity contribution >= 4 is 16.9 Å². The van der Waals surface area contributed by atoms with E-state index in [1.165, 1.54) is 11.0 Å². The summed E-state index contributed by atoms with van der Waals surface area (Å²) < 4.78 is 1.54. The molecule has 4 aromatic rings. The molecule has 1 amide bonds. The second kappa shape index (κ2) is 7.59. The highest BCUT2D eigenvalue weighted by molar-refractivity contribution is 5.94. The van der Waals surface area contributed by atoms with Crippen molar-refractivity contribution in [1.82, 2.24) is 35.5 Å². The van der Waals surface area contributed by atoms with E-state index in [4.69, 9.17) is 0 Å². The third kappa shape index (κ3) is 3.75. The number of tetrazole rings is 1. The molecule has 0 unspecified atom stereocenters. The van der Waals surface area contributed by atoms with Crippen LogP contribution in [0, 0.1) is 5.92 Å². The number of H-pyrrole nitrogens is 1. The zero-order chi connectivity index (χ0) is 19.5. The fourth-order valence-electron chi connectivity index (χ4n) is 3.13. The van der Waals surface area contributed by atoms with Gasteiger partial charge in [-0.05, 0) is 59.2 Å². The van der Waals surface area contributed by atoms with Crippen LogP contribution in [0.1, 0.15) is 42.5 Å². The molecule has 0 aliphatic rings. The molecule has 0 saturated heterocycles. The van der Waals surface area contributed by atoms with Crippen molar-refractivity contribution in [2.24, 2.45) is 5.92 Å². The minimum absolute atomic E-state index is 0.144. The Bertz CT molecular complexity index is 1030. The molecule has 142 valence electrons. The van der Waals surface area contributed by atoms with Gasteiger partial charge in [-0.25, -0.2) is 9.67 Å². The van der Waals surface area contributed by atoms with Gasteiger partial charge in [-0.3, -0.25) is 4.79 Å². The molecule has 2 N–H and O–H groups in total. The summed E-state index contributed by atoms with van der Waals surface area (Å²) in [7, 11) is 0. The Morgan fingerprint density at radius 1 is 1.14 bits per heavy atom. The number of imidazole rings is 1. The molecule has 0 radical (unpaired) electrons. The van der Waals surface area contributed by atoms with E-state index >= 15 is 0 Å². The predicted octanol–water partition coefficient (Wildman–Crippen LogP) is 3.06. The van der Waals surface area contributed by atoms with Crippen molar-refractivity contribution in [2.75, 3.05) is 0 Å². The third-order valence-electron chi connectivity index (χ3n) is 4.49. The summed E-state index contributed by atoms with van der Waals surface area (Å²) in [6.07, 6.45) is 2.30. The van der Waals surface area contributed by atoms with Gasteiger partial charge in [0.25, 0.3) is 5.91 Å². The van der Waals surface area contributed by atoms with Crippen molar-refractivity contribution in [3.05, 3.63) is 66.2 Å². The van der Waals surface area contributed by atoms with Crippen molar-refractivity contribution < 1.29 is 4.79 Å². The van der Waals surface area contributed by atoms with Crippen LogP contribution in [0.4, 0.5) is 0 Å². The first-order valence-electron chi connectivity index (χ1n) is 9.19. The maximum absolute atomic E-state index is 12.8. The van der Waals surface area contributed by atoms with Crippen molar-refractivity contribution in [3.8, 4) is 5.69 Å². The molecule has 4 rings (SSSR count). The maximum atomic E-state index is 12.8. The Balaban J connectivity index is 1.55. The van der Waals surface area contributed by atoms with Crippen LogP contribution in [0.5, 0.6) is 0 Å². The Labute approximate surface area is 162 Å². The summed E-state index contributed by atoms with van der Waals surface area (Å²) in [5.74, 6) is 1.03. The summed E-state index contributed by atoms with van der Waals surface area (Å²) in [4.78, 5) is 20.8. The van der Waals surface area contributed by atoms with Gasteiger partial charge in [0.2, 0.25) is 0 Å². The molecule has 28 heavy (non-hydrogen) atoms. The fraction of sp³-hybridized carbons (Fsp3) is 0.250. The molecule has 2 heterocycles. The molecule has 8 heteroatoms. The van der Waals surface area contributed by atoms with Gasteiger partial charge < -0.3 is 10.3 Å². The van der Waals surface area contributed by atoms with E-state index in [2.05, 4.69) is 44.7 Å². The number of amides is 1. The Kier molecular flexibility index (Phi) is 4.84. The highest BCUT2D eigenvalue weighted by Crippen LogP contribution is 2.22. The fourth-order valence-corrected chi connectivity index (χ4v) is 3.13. The Morgan fingerprint density at radius 3 is 2.61 bits per heavy atom. The van der Waals surface area contributed by atoms with Gasteiger partial charge in [-0.15, -0.1) is 5.10 Å². The Morgan fingerprint density at radius 2 is 1.93 bits per heavy atom. The molecule has 0 saturated carbocycles. The lowest BCUT2D eigenvalue weighted by atomic mass is 10.0. The molecular formula is C20H21N7O. The number of nitrogens with one attached hydrogen (secondary N) is 2. The first-order valence-corrected chi connectivity index (χ1v) is 9.19. The van der Waals surface area contributed by atoms with Crippen molar-refractivity contribution in [3.63, 3.8) is 0 Å². The van der Waals surface area contributed by atoms with E-state index < -0.39 is 0 Å². The van der Waals surface area contributed by atoms with Crippen LogP contribution in [-0.2, 0) is 0 Å². The van der Waals surface area contributed by atoms with Gasteiger partial charge >= 0.3 is 0 Å². The number of fused-ring (bicyclic) bond motifs is 1. The van der Waals surface area contributed by atoms with Crippen LogP contribution in [-0.4, -0.2) is 36.1 Å². The molecule has 2 aromatic carbocycles. The summed E-state index contributed by atoms with van der Waals surface area (Å²) in [6.45, 7) is 4.26. The van der Waals surface area contributed by atoms with Crippen LogP contribution >= 0.6 is 0 Å². The zero-order valence-electron chi connectivity index (χ0n) is 15.7. The average Bonchev–Trinajstić information content (AvgIpc) is 3.37. The minimum Gasteiger partial charge on any atom is -0.342 e. The number of aromatic amines is 1. The van der Waals surface area contributed by atoms with E-state index in [-0.39, 0.29) is 11.9 Å². The number of carbonyl (C=O) groups is 1. The molecule has 0 bridgehead atoms. The molecule has 8 nitrogen and oxygen atoms in total. The number of hydrogen-bond donors (Lipinski definition) is 2. The molecule has 0 spiro atoms. The minimum atomic E-state index is -0.195. The molecule has 1 atom stereocenters. The van der Waals surface area contributed by atoms with E-state index in [1.54, 1.807) is 12.1 Å². The van der Waals surface area contributed by atoms with Crippen LogP contribution in [0.15, 0.2) is 54.9 Å². The number of carbonyl (C=O) groups excluding carboxylic acids is 1. The van der Waals surface area contributed by atoms with E-state index in [0.717, 1.165) is 29.0 Å². The standard InChI is InChI=1S/C20H21N7O/c1-13(2)11-18(19-22-16-5-3-4-6-17(16)23-19)24-20(28)14-7-9-15(10-8-14)27-12-21-25-26-27/h3-10,12-13,18H,11H2,1-2H3,(H,22,23)(H,24,28)/t18-/m1/s1. The molecular weight excluding hydrogens is 354 g/mol. The van der Waals surface area contributed by atoms with Gasteiger partial charge in [0.1, 0.15) is 12.2 Å². The monoisotopic (exact) mass is 375 g/mol. The van der Waals surface area contributed by atoms with Crippen molar-refractivity contribution in [1.29, 1.82) is 0 Å². The molecule has 2 aromatic heterocycles. The topological polar surface area (TPSA) is 101 Å². The SMILES string of the molecule is CC(C)C[C@@H](NC(=O)c1ccc(-n2cnnn2)cc1)c1nc2ccccc2[nH]1. The lowest BCUT2D eigenvalue weighted by Gasteiger charge is -2.19. The summed E-state index contributed by atoms with van der Waals surface area (Å²) in [5.41, 5.74) is 3.22. The number of benzene rings is 2. The molecule has 0 fully saturated rings. The Hall–Kier alpha value is -3.55. The first kappa shape index (κ1) is 17.8. The highest BCUT2D eigenvalue weighted by atomic mass is 16.1. The second-order valence-electron chi connectivity index (χ2n) is 7.10. The number of para-hydroxylation sites is 2. The summed E-state index contributed by atoms with van der Waals surface area (Å²) in [5, 5.41) is 14.2. The van der Waals surface area contributed by atoms with Gasteiger partial charge in [-0.1, -0.05) is 26.0 Å². The van der Waals surface area contributed by atoms with Crippen LogP contribution in [0.3, 0.4) is 0 Å². The van der Waals surface area contributed by atoms with Gasteiger partial charge in [0, 0.05) is 5.56 Å². The molecule has 0 aliphatic carbocycles. The van der Waals surface area contributed by atoms with Crippen LogP contribution in [0.25, 0.3) is 16.7 Å². The first-order chi connectivity index (χ1) is 13.6. The zero-order valence-corrected chi connectivity index (χ0v) is 15.7. The largest absolute Gasteiger partial charge is 0.342 e. The lowest BCUT2D eigenvalue weighted by Crippen LogP contribution is -2.30. The number of hydrogen-bond acceptors (Lipinski definition) is 5. The van der Waals surface area contributed by atoms with Crippen LogP contribution < -0.4 is 5.32 Å². The van der Waals surface area contributed by atoms with Crippen LogP contribution in [0.2, 0.25) is 0 Å². The van der Waals surface area contributed by atoms with E-state index in [0.29, 0.717) is 11.5 Å². The third-order valence-corrected chi connectivity index (χ3v) is 4.49. The smallest absolute Gasteiger partial charge is 0.251 e. The quantitative estimate of drug-likeness (QED) is 0.539. The highest BCUT2D eigenvalue weighted by Gasteiger charge is 2.20. The second-order valence-corrected chi connectivity index (χ2v) is 7.10. The van der Waals surface area contributed by atoms with Gasteiger partial charge in [0.05, 0.1) is 22.8 Å². The molecule has 0 aliphatic heterocycles. The lowest BCUT2D eigenvalue weighted by molar-refractivity contribution is 0.0930. The average molecular weight is 375 g/mol. The number of rotatable bonds is 6. The van der Waals surface area contributed by atoms with Gasteiger partial charge in [0.15, 0.2) is 0 Å².